The number of aliphatic hydroxyl groups is 1. The molecule has 1 N–H and O–H groups in total. The number of nitrogens with zero attached hydrogens (tertiary/aromatic N) is 2. The molecule has 19 heavy (non-hydrogen) atoms. The van der Waals surface area contributed by atoms with Gasteiger partial charge in [0.2, 0.25) is 0 Å². The van der Waals surface area contributed by atoms with Crippen LogP contribution in [0, 0.1) is 10.1 Å². The summed E-state index contributed by atoms with van der Waals surface area (Å²) in [7, 11) is 0. The molecular formula is C12H11ClN2O4. The van der Waals surface area contributed by atoms with Crippen molar-refractivity contribution in [1.29, 1.82) is 0 Å². The lowest BCUT2D eigenvalue weighted by Crippen LogP contribution is -2.30. The lowest BCUT2D eigenvalue weighted by Gasteiger charge is -2.30. The minimum atomic E-state index is -0.650. The molecule has 0 fully saturated rings. The molecule has 0 amide bonds. The van der Waals surface area contributed by atoms with E-state index in [1.807, 2.05) is 0 Å². The van der Waals surface area contributed by atoms with Crippen molar-refractivity contribution in [3.8, 4) is 0 Å². The number of nitro groups is 1. The Labute approximate surface area is 114 Å². The van der Waals surface area contributed by atoms with Gasteiger partial charge in [0, 0.05) is 12.7 Å². The van der Waals surface area contributed by atoms with Crippen LogP contribution < -0.4 is 0 Å². The van der Waals surface area contributed by atoms with Crippen molar-refractivity contribution in [2.24, 2.45) is 0 Å². The molecule has 1 aromatic rings. The van der Waals surface area contributed by atoms with Crippen molar-refractivity contribution in [1.82, 2.24) is 4.90 Å². The van der Waals surface area contributed by atoms with Crippen LogP contribution in [0.25, 0.3) is 6.08 Å². The Kier molecular flexibility index (Phi) is 3.82. The molecule has 1 unspecified atom stereocenters. The second-order valence-corrected chi connectivity index (χ2v) is 4.42. The van der Waals surface area contributed by atoms with Gasteiger partial charge >= 0.3 is 0 Å². The van der Waals surface area contributed by atoms with E-state index in [0.29, 0.717) is 17.4 Å². The second kappa shape index (κ2) is 5.38. The molecule has 1 aliphatic rings. The van der Waals surface area contributed by atoms with E-state index in [4.69, 9.17) is 16.7 Å². The maximum absolute atomic E-state index is 11.2. The van der Waals surface area contributed by atoms with E-state index in [1.54, 1.807) is 17.2 Å². The van der Waals surface area contributed by atoms with Crippen molar-refractivity contribution in [2.45, 2.75) is 6.04 Å². The van der Waals surface area contributed by atoms with Crippen LogP contribution in [0.3, 0.4) is 0 Å². The Morgan fingerprint density at radius 3 is 2.84 bits per heavy atom. The third-order valence-electron chi connectivity index (χ3n) is 2.98. The number of hydrogen-bond donors (Lipinski definition) is 1. The van der Waals surface area contributed by atoms with Crippen LogP contribution in [0.4, 0.5) is 5.69 Å². The highest BCUT2D eigenvalue weighted by Crippen LogP contribution is 2.38. The number of aliphatic hydroxyl groups excluding tert-OH is 1. The molecule has 1 atom stereocenters. The average Bonchev–Trinajstić information content (AvgIpc) is 2.38. The SMILES string of the molecule is O=CC1c2ccc(Cl)c([N+](=O)[O-])c2C=CN1CCO. The Bertz CT molecular complexity index is 559. The van der Waals surface area contributed by atoms with Gasteiger partial charge in [-0.05, 0) is 17.7 Å². The van der Waals surface area contributed by atoms with Crippen molar-refractivity contribution >= 4 is 29.7 Å². The van der Waals surface area contributed by atoms with E-state index < -0.39 is 11.0 Å². The van der Waals surface area contributed by atoms with Gasteiger partial charge < -0.3 is 14.8 Å². The summed E-state index contributed by atoms with van der Waals surface area (Å²) in [6.45, 7) is 0.162. The van der Waals surface area contributed by atoms with Crippen molar-refractivity contribution in [3.05, 3.63) is 44.6 Å². The van der Waals surface area contributed by atoms with Crippen LogP contribution in [-0.4, -0.2) is 34.4 Å². The number of benzene rings is 1. The van der Waals surface area contributed by atoms with Gasteiger partial charge in [0.05, 0.1) is 17.1 Å². The fraction of sp³-hybridized carbons (Fsp3) is 0.250. The third-order valence-corrected chi connectivity index (χ3v) is 3.28. The van der Waals surface area contributed by atoms with Gasteiger partial charge in [-0.15, -0.1) is 0 Å². The van der Waals surface area contributed by atoms with Crippen LogP contribution in [0.5, 0.6) is 0 Å². The van der Waals surface area contributed by atoms with Gasteiger partial charge in [-0.3, -0.25) is 10.1 Å². The molecule has 0 aliphatic carbocycles. The molecule has 1 aliphatic heterocycles. The van der Waals surface area contributed by atoms with E-state index in [9.17, 15) is 14.9 Å². The number of carbonyl (C=O) groups excluding carboxylic acids is 1. The molecule has 7 heteroatoms. The summed E-state index contributed by atoms with van der Waals surface area (Å²) in [4.78, 5) is 23.3. The van der Waals surface area contributed by atoms with Crippen LogP contribution in [0.1, 0.15) is 17.2 Å². The summed E-state index contributed by atoms with van der Waals surface area (Å²) < 4.78 is 0. The van der Waals surface area contributed by atoms with Crippen LogP contribution in [-0.2, 0) is 4.79 Å². The number of hydrogen-bond acceptors (Lipinski definition) is 5. The van der Waals surface area contributed by atoms with E-state index >= 15 is 0 Å². The molecule has 0 saturated carbocycles. The number of halogens is 1. The third kappa shape index (κ3) is 2.32. The fourth-order valence-corrected chi connectivity index (χ4v) is 2.37. The van der Waals surface area contributed by atoms with Crippen molar-refractivity contribution < 1.29 is 14.8 Å². The fourth-order valence-electron chi connectivity index (χ4n) is 2.14. The Morgan fingerprint density at radius 2 is 2.26 bits per heavy atom. The number of rotatable bonds is 4. The largest absolute Gasteiger partial charge is 0.395 e. The first-order valence-corrected chi connectivity index (χ1v) is 5.94. The lowest BCUT2D eigenvalue weighted by atomic mass is 9.95. The quantitative estimate of drug-likeness (QED) is 0.517. The molecule has 0 spiro atoms. The van der Waals surface area contributed by atoms with Crippen LogP contribution in [0.2, 0.25) is 5.02 Å². The van der Waals surface area contributed by atoms with Gasteiger partial charge in [0.1, 0.15) is 17.4 Å². The smallest absolute Gasteiger partial charge is 0.295 e. The molecule has 100 valence electrons. The standard InChI is InChI=1S/C12H11ClN2O4/c13-10-2-1-8-9(12(10)15(18)19)3-4-14(5-6-16)11(8)7-17/h1-4,7,11,16H,5-6H2. The first-order valence-electron chi connectivity index (χ1n) is 5.57. The van der Waals surface area contributed by atoms with Gasteiger partial charge in [0.15, 0.2) is 0 Å². The highest BCUT2D eigenvalue weighted by Gasteiger charge is 2.29. The first-order chi connectivity index (χ1) is 9.10. The first kappa shape index (κ1) is 13.5. The van der Waals surface area contributed by atoms with Gasteiger partial charge in [-0.1, -0.05) is 17.7 Å². The second-order valence-electron chi connectivity index (χ2n) is 4.01. The number of carbonyl (C=O) groups is 1. The summed E-state index contributed by atoms with van der Waals surface area (Å²) in [6, 6.07) is 2.35. The van der Waals surface area contributed by atoms with Crippen LogP contribution in [0.15, 0.2) is 18.3 Å². The molecule has 2 rings (SSSR count). The average molecular weight is 283 g/mol. The van der Waals surface area contributed by atoms with Gasteiger partial charge in [-0.25, -0.2) is 0 Å². The van der Waals surface area contributed by atoms with Crippen LogP contribution >= 0.6 is 11.6 Å². The Hall–Kier alpha value is -1.92. The zero-order chi connectivity index (χ0) is 14.0. The highest BCUT2D eigenvalue weighted by molar-refractivity contribution is 6.33. The predicted octanol–water partition coefficient (Wildman–Crippen LogP) is 1.77. The minimum Gasteiger partial charge on any atom is -0.395 e. The number of nitro benzene ring substituents is 1. The number of β-amino-alcohol motifs (C(OH)–C–C–N with tert-alkyl or cyclic N) is 1. The van der Waals surface area contributed by atoms with E-state index in [0.717, 1.165) is 0 Å². The maximum atomic E-state index is 11.2. The summed E-state index contributed by atoms with van der Waals surface area (Å²) in [5.74, 6) is 0. The lowest BCUT2D eigenvalue weighted by molar-refractivity contribution is -0.385. The molecule has 0 radical (unpaired) electrons. The predicted molar refractivity (Wildman–Crippen MR) is 69.7 cm³/mol. The zero-order valence-corrected chi connectivity index (χ0v) is 10.6. The topological polar surface area (TPSA) is 83.7 Å². The summed E-state index contributed by atoms with van der Waals surface area (Å²) in [6.07, 6.45) is 3.78. The molecular weight excluding hydrogens is 272 g/mol. The van der Waals surface area contributed by atoms with Gasteiger partial charge in [0.25, 0.3) is 5.69 Å². The minimum absolute atomic E-state index is 0.0358. The summed E-state index contributed by atoms with van der Waals surface area (Å²) in [5, 5.41) is 20.0. The van der Waals surface area contributed by atoms with Crippen molar-refractivity contribution in [2.75, 3.05) is 13.2 Å². The zero-order valence-electron chi connectivity index (χ0n) is 9.82. The van der Waals surface area contributed by atoms with Gasteiger partial charge in [-0.2, -0.15) is 0 Å². The number of aldehydes is 1. The Balaban J connectivity index is 2.58. The molecule has 1 heterocycles. The molecule has 0 bridgehead atoms. The maximum Gasteiger partial charge on any atom is 0.295 e. The molecule has 6 nitrogen and oxygen atoms in total. The van der Waals surface area contributed by atoms with E-state index in [1.165, 1.54) is 12.1 Å². The van der Waals surface area contributed by atoms with E-state index in [2.05, 4.69) is 0 Å². The monoisotopic (exact) mass is 282 g/mol. The summed E-state index contributed by atoms with van der Waals surface area (Å²) in [5.41, 5.74) is 0.650. The normalized spacial score (nSPS) is 17.2. The Morgan fingerprint density at radius 1 is 1.53 bits per heavy atom. The van der Waals surface area contributed by atoms with Crippen molar-refractivity contribution in [3.63, 3.8) is 0 Å². The molecule has 0 aromatic heterocycles. The molecule has 0 saturated heterocycles. The summed E-state index contributed by atoms with van der Waals surface area (Å²) >= 11 is 5.83. The molecule has 1 aromatic carbocycles. The number of fused-ring (bicyclic) bond motifs is 1. The highest BCUT2D eigenvalue weighted by atomic mass is 35.5. The van der Waals surface area contributed by atoms with E-state index in [-0.39, 0.29) is 23.9 Å².